The van der Waals surface area contributed by atoms with Gasteiger partial charge in [0.15, 0.2) is 9.84 Å². The van der Waals surface area contributed by atoms with Crippen molar-refractivity contribution in [3.63, 3.8) is 0 Å². The molecule has 1 N–H and O–H groups in total. The molecular weight excluding hydrogens is 300 g/mol. The van der Waals surface area contributed by atoms with Crippen molar-refractivity contribution < 1.29 is 13.2 Å². The van der Waals surface area contributed by atoms with Crippen LogP contribution in [0.2, 0.25) is 0 Å². The molecule has 2 rings (SSSR count). The highest BCUT2D eigenvalue weighted by molar-refractivity contribution is 7.92. The molecule has 0 saturated carbocycles. The third kappa shape index (κ3) is 3.43. The van der Waals surface area contributed by atoms with Gasteiger partial charge in [0.05, 0.1) is 10.5 Å². The van der Waals surface area contributed by atoms with E-state index in [1.54, 1.807) is 19.9 Å². The predicted octanol–water partition coefficient (Wildman–Crippen LogP) is 1.84. The van der Waals surface area contributed by atoms with Crippen LogP contribution in [0.3, 0.4) is 0 Å². The van der Waals surface area contributed by atoms with E-state index in [1.807, 2.05) is 37.2 Å². The van der Waals surface area contributed by atoms with E-state index in [4.69, 9.17) is 0 Å². The molecule has 1 aliphatic rings. The van der Waals surface area contributed by atoms with Crippen LogP contribution < -0.4 is 10.2 Å². The van der Waals surface area contributed by atoms with Crippen molar-refractivity contribution in [2.24, 2.45) is 0 Å². The average molecular weight is 324 g/mol. The first-order chi connectivity index (χ1) is 10.1. The Morgan fingerprint density at radius 2 is 2.00 bits per heavy atom. The summed E-state index contributed by atoms with van der Waals surface area (Å²) < 4.78 is 23.2. The smallest absolute Gasteiger partial charge is 0.251 e. The highest BCUT2D eigenvalue weighted by Crippen LogP contribution is 2.30. The van der Waals surface area contributed by atoms with E-state index < -0.39 is 14.6 Å². The molecule has 1 aromatic carbocycles. The fraction of sp³-hybridized carbons (Fsp3) is 0.562. The highest BCUT2D eigenvalue weighted by atomic mass is 32.2. The van der Waals surface area contributed by atoms with Crippen LogP contribution >= 0.6 is 0 Å². The number of hydrogen-bond donors (Lipinski definition) is 1. The standard InChI is InChI=1S/C16H24N2O3S/c1-16(2)11-13(8-9-22(16,20)21)17-15(19)12-6-5-7-14(10-12)18(3)4/h5-7,10,13H,8-9,11H2,1-4H3,(H,17,19)/t13-/m0/s1. The number of benzene rings is 1. The first-order valence-corrected chi connectivity index (χ1v) is 9.08. The largest absolute Gasteiger partial charge is 0.378 e. The van der Waals surface area contributed by atoms with Crippen LogP contribution in [0.1, 0.15) is 37.0 Å². The maximum atomic E-state index is 12.4. The average Bonchev–Trinajstić information content (AvgIpc) is 2.43. The van der Waals surface area contributed by atoms with Crippen LogP contribution in [0.4, 0.5) is 5.69 Å². The minimum Gasteiger partial charge on any atom is -0.378 e. The summed E-state index contributed by atoms with van der Waals surface area (Å²) in [6.45, 7) is 3.46. The van der Waals surface area contributed by atoms with Gasteiger partial charge in [-0.3, -0.25) is 4.79 Å². The van der Waals surface area contributed by atoms with Gasteiger partial charge < -0.3 is 10.2 Å². The van der Waals surface area contributed by atoms with E-state index in [9.17, 15) is 13.2 Å². The van der Waals surface area contributed by atoms with E-state index >= 15 is 0 Å². The van der Waals surface area contributed by atoms with Crippen LogP contribution in [-0.2, 0) is 9.84 Å². The van der Waals surface area contributed by atoms with Crippen LogP contribution in [0.5, 0.6) is 0 Å². The van der Waals surface area contributed by atoms with Gasteiger partial charge in [-0.2, -0.15) is 0 Å². The monoisotopic (exact) mass is 324 g/mol. The molecule has 22 heavy (non-hydrogen) atoms. The van der Waals surface area contributed by atoms with E-state index in [-0.39, 0.29) is 17.7 Å². The number of sulfone groups is 1. The fourth-order valence-electron chi connectivity index (χ4n) is 2.71. The zero-order valence-corrected chi connectivity index (χ0v) is 14.4. The Morgan fingerprint density at radius 3 is 2.59 bits per heavy atom. The van der Waals surface area contributed by atoms with Crippen LogP contribution in [0.25, 0.3) is 0 Å². The molecule has 1 saturated heterocycles. The molecular formula is C16H24N2O3S. The van der Waals surface area contributed by atoms with Crippen LogP contribution in [-0.4, -0.2) is 45.0 Å². The third-order valence-electron chi connectivity index (χ3n) is 4.27. The molecule has 0 aliphatic carbocycles. The molecule has 0 radical (unpaired) electrons. The molecule has 1 heterocycles. The molecule has 1 fully saturated rings. The minimum atomic E-state index is -3.07. The second-order valence-corrected chi connectivity index (χ2v) is 9.43. The van der Waals surface area contributed by atoms with E-state index in [2.05, 4.69) is 5.32 Å². The Morgan fingerprint density at radius 1 is 1.32 bits per heavy atom. The van der Waals surface area contributed by atoms with Crippen LogP contribution in [0, 0.1) is 0 Å². The van der Waals surface area contributed by atoms with Gasteiger partial charge in [-0.15, -0.1) is 0 Å². The number of hydrogen-bond acceptors (Lipinski definition) is 4. The molecule has 0 unspecified atom stereocenters. The Kier molecular flexibility index (Phi) is 4.52. The summed E-state index contributed by atoms with van der Waals surface area (Å²) in [5, 5.41) is 2.97. The van der Waals surface area contributed by atoms with Gasteiger partial charge in [0, 0.05) is 31.4 Å². The summed E-state index contributed by atoms with van der Waals surface area (Å²) in [6.07, 6.45) is 0.930. The molecule has 122 valence electrons. The number of amides is 1. The van der Waals surface area contributed by atoms with Gasteiger partial charge in [0.25, 0.3) is 5.91 Å². The molecule has 5 nitrogen and oxygen atoms in total. The molecule has 0 spiro atoms. The lowest BCUT2D eigenvalue weighted by Crippen LogP contribution is -2.49. The lowest BCUT2D eigenvalue weighted by molar-refractivity contribution is 0.0930. The molecule has 6 heteroatoms. The number of anilines is 1. The van der Waals surface area contributed by atoms with Crippen molar-refractivity contribution in [1.29, 1.82) is 0 Å². The van der Waals surface area contributed by atoms with E-state index in [0.29, 0.717) is 18.4 Å². The van der Waals surface area contributed by atoms with Crippen LogP contribution in [0.15, 0.2) is 24.3 Å². The van der Waals surface area contributed by atoms with Crippen molar-refractivity contribution in [1.82, 2.24) is 5.32 Å². The Bertz CT molecular complexity index is 666. The SMILES string of the molecule is CN(C)c1cccc(C(=O)N[C@H]2CCS(=O)(=O)C(C)(C)C2)c1. The van der Waals surface area contributed by atoms with Gasteiger partial charge in [0.1, 0.15) is 0 Å². The lowest BCUT2D eigenvalue weighted by Gasteiger charge is -2.35. The second kappa shape index (κ2) is 5.91. The summed E-state index contributed by atoms with van der Waals surface area (Å²) in [4.78, 5) is 14.3. The van der Waals surface area contributed by atoms with Crippen molar-refractivity contribution in [2.75, 3.05) is 24.7 Å². The highest BCUT2D eigenvalue weighted by Gasteiger charge is 2.41. The van der Waals surface area contributed by atoms with Gasteiger partial charge in [-0.25, -0.2) is 8.42 Å². The summed E-state index contributed by atoms with van der Waals surface area (Å²) in [5.41, 5.74) is 1.55. The predicted molar refractivity (Wildman–Crippen MR) is 89.1 cm³/mol. The van der Waals surface area contributed by atoms with Gasteiger partial charge >= 0.3 is 0 Å². The fourth-order valence-corrected chi connectivity index (χ4v) is 4.32. The first-order valence-electron chi connectivity index (χ1n) is 7.43. The van der Waals surface area contributed by atoms with E-state index in [1.165, 1.54) is 0 Å². The van der Waals surface area contributed by atoms with E-state index in [0.717, 1.165) is 5.69 Å². The lowest BCUT2D eigenvalue weighted by atomic mass is 9.99. The van der Waals surface area contributed by atoms with Crippen molar-refractivity contribution in [2.45, 2.75) is 37.5 Å². The van der Waals surface area contributed by atoms with Crippen molar-refractivity contribution in [3.05, 3.63) is 29.8 Å². The minimum absolute atomic E-state index is 0.103. The molecule has 1 amide bonds. The molecule has 1 aliphatic heterocycles. The zero-order valence-electron chi connectivity index (χ0n) is 13.6. The molecule has 1 atom stereocenters. The van der Waals surface area contributed by atoms with Crippen molar-refractivity contribution in [3.8, 4) is 0 Å². The number of nitrogens with one attached hydrogen (secondary N) is 1. The second-order valence-electron chi connectivity index (χ2n) is 6.69. The summed E-state index contributed by atoms with van der Waals surface area (Å²) in [6, 6.07) is 7.29. The Labute approximate surface area is 132 Å². The summed E-state index contributed by atoms with van der Waals surface area (Å²) in [5.74, 6) is -0.0216. The van der Waals surface area contributed by atoms with Gasteiger partial charge in [-0.05, 0) is 44.9 Å². The Balaban J connectivity index is 2.09. The van der Waals surface area contributed by atoms with Gasteiger partial charge in [0.2, 0.25) is 0 Å². The normalized spacial score (nSPS) is 22.8. The first kappa shape index (κ1) is 16.8. The number of carbonyl (C=O) groups is 1. The quantitative estimate of drug-likeness (QED) is 0.921. The third-order valence-corrected chi connectivity index (χ3v) is 6.90. The summed E-state index contributed by atoms with van der Waals surface area (Å²) >= 11 is 0. The Hall–Kier alpha value is -1.56. The number of nitrogens with zero attached hydrogens (tertiary/aromatic N) is 1. The summed E-state index contributed by atoms with van der Waals surface area (Å²) in [7, 11) is 0.774. The zero-order chi connectivity index (χ0) is 16.5. The molecule has 0 aromatic heterocycles. The maximum Gasteiger partial charge on any atom is 0.251 e. The maximum absolute atomic E-state index is 12.4. The molecule has 0 bridgehead atoms. The van der Waals surface area contributed by atoms with Gasteiger partial charge in [-0.1, -0.05) is 6.07 Å². The topological polar surface area (TPSA) is 66.5 Å². The number of carbonyl (C=O) groups excluding carboxylic acids is 1. The van der Waals surface area contributed by atoms with Crippen molar-refractivity contribution >= 4 is 21.4 Å². The number of rotatable bonds is 3. The molecule has 1 aromatic rings.